The standard InChI is InChI=1S/C29H33BrFN3O4S/c1-4-21(2)32-29(36)27(18-22-11-6-5-7-12-22)33(19-23-13-10-14-24(30)17-23)28(35)20-34(39(3,37)38)26-16-9-8-15-25(26)31/h5-17,21,27H,4,18-20H2,1-3H3,(H,32,36)/t21-,27-/m1/s1. The van der Waals surface area contributed by atoms with E-state index < -0.39 is 34.3 Å². The first-order chi connectivity index (χ1) is 18.5. The van der Waals surface area contributed by atoms with Crippen molar-refractivity contribution >= 4 is 43.5 Å². The van der Waals surface area contributed by atoms with E-state index in [-0.39, 0.29) is 30.6 Å². The molecule has 7 nitrogen and oxygen atoms in total. The molecular weight excluding hydrogens is 585 g/mol. The van der Waals surface area contributed by atoms with Crippen LogP contribution in [0.4, 0.5) is 10.1 Å². The molecule has 3 rings (SSSR count). The quantitative estimate of drug-likeness (QED) is 0.313. The molecule has 0 aliphatic heterocycles. The van der Waals surface area contributed by atoms with Gasteiger partial charge < -0.3 is 10.2 Å². The lowest BCUT2D eigenvalue weighted by molar-refractivity contribution is -0.140. The molecule has 0 aliphatic rings. The molecule has 2 atom stereocenters. The van der Waals surface area contributed by atoms with Gasteiger partial charge in [0.1, 0.15) is 18.4 Å². The second-order valence-electron chi connectivity index (χ2n) is 9.40. The highest BCUT2D eigenvalue weighted by atomic mass is 79.9. The first-order valence-corrected chi connectivity index (χ1v) is 15.2. The zero-order valence-corrected chi connectivity index (χ0v) is 24.6. The van der Waals surface area contributed by atoms with Gasteiger partial charge in [0, 0.05) is 23.5 Å². The lowest BCUT2D eigenvalue weighted by Gasteiger charge is -2.34. The van der Waals surface area contributed by atoms with Crippen molar-refractivity contribution in [1.82, 2.24) is 10.2 Å². The maximum absolute atomic E-state index is 14.7. The number of anilines is 1. The number of benzene rings is 3. The lowest BCUT2D eigenvalue weighted by Crippen LogP contribution is -2.54. The first-order valence-electron chi connectivity index (χ1n) is 12.6. The Morgan fingerprint density at radius 2 is 1.62 bits per heavy atom. The number of halogens is 2. The number of sulfonamides is 1. The van der Waals surface area contributed by atoms with Crippen molar-refractivity contribution in [2.24, 2.45) is 0 Å². The van der Waals surface area contributed by atoms with E-state index in [0.717, 1.165) is 32.2 Å². The molecule has 3 aromatic rings. The highest BCUT2D eigenvalue weighted by Crippen LogP contribution is 2.23. The largest absolute Gasteiger partial charge is 0.352 e. The van der Waals surface area contributed by atoms with Gasteiger partial charge in [-0.25, -0.2) is 12.8 Å². The van der Waals surface area contributed by atoms with Gasteiger partial charge in [-0.2, -0.15) is 0 Å². The summed E-state index contributed by atoms with van der Waals surface area (Å²) in [6, 6.07) is 20.9. The maximum Gasteiger partial charge on any atom is 0.244 e. The van der Waals surface area contributed by atoms with Crippen LogP contribution >= 0.6 is 15.9 Å². The Morgan fingerprint density at radius 3 is 2.23 bits per heavy atom. The van der Waals surface area contributed by atoms with Crippen molar-refractivity contribution in [3.05, 3.63) is 100 Å². The SMILES string of the molecule is CC[C@@H](C)NC(=O)[C@@H](Cc1ccccc1)N(Cc1cccc(Br)c1)C(=O)CN(c1ccccc1F)S(C)(=O)=O. The molecule has 0 heterocycles. The Kier molecular flexibility index (Phi) is 10.7. The fraction of sp³-hybridized carbons (Fsp3) is 0.310. The Balaban J connectivity index is 2.07. The number of para-hydroxylation sites is 1. The molecule has 3 aromatic carbocycles. The molecule has 0 saturated carbocycles. The molecule has 0 radical (unpaired) electrons. The molecule has 39 heavy (non-hydrogen) atoms. The van der Waals surface area contributed by atoms with Crippen LogP contribution in [0.1, 0.15) is 31.4 Å². The van der Waals surface area contributed by atoms with Crippen LogP contribution in [0.15, 0.2) is 83.3 Å². The zero-order chi connectivity index (χ0) is 28.6. The molecular formula is C29H33BrFN3O4S. The van der Waals surface area contributed by atoms with Crippen LogP contribution in [-0.2, 0) is 32.6 Å². The summed E-state index contributed by atoms with van der Waals surface area (Å²) in [7, 11) is -4.04. The Hall–Kier alpha value is -3.24. The summed E-state index contributed by atoms with van der Waals surface area (Å²) in [5, 5.41) is 2.97. The average Bonchev–Trinajstić information content (AvgIpc) is 2.89. The number of carbonyl (C=O) groups is 2. The van der Waals surface area contributed by atoms with E-state index in [1.165, 1.54) is 23.1 Å². The van der Waals surface area contributed by atoms with Crippen molar-refractivity contribution in [2.75, 3.05) is 17.1 Å². The average molecular weight is 619 g/mol. The van der Waals surface area contributed by atoms with Crippen LogP contribution in [0.2, 0.25) is 0 Å². The number of nitrogens with one attached hydrogen (secondary N) is 1. The molecule has 2 amide bonds. The van der Waals surface area contributed by atoms with Crippen LogP contribution in [0, 0.1) is 5.82 Å². The molecule has 0 spiro atoms. The lowest BCUT2D eigenvalue weighted by atomic mass is 10.0. The number of rotatable bonds is 12. The van der Waals surface area contributed by atoms with Crippen molar-refractivity contribution in [1.29, 1.82) is 0 Å². The predicted molar refractivity (Wildman–Crippen MR) is 155 cm³/mol. The van der Waals surface area contributed by atoms with Crippen LogP contribution in [0.5, 0.6) is 0 Å². The van der Waals surface area contributed by atoms with E-state index in [9.17, 15) is 22.4 Å². The van der Waals surface area contributed by atoms with Gasteiger partial charge in [0.05, 0.1) is 11.9 Å². The monoisotopic (exact) mass is 617 g/mol. The molecule has 208 valence electrons. The Labute approximate surface area is 238 Å². The number of nitrogens with zero attached hydrogens (tertiary/aromatic N) is 2. The van der Waals surface area contributed by atoms with Gasteiger partial charge in [-0.15, -0.1) is 0 Å². The third kappa shape index (κ3) is 8.63. The Bertz CT molecular complexity index is 1390. The molecule has 0 unspecified atom stereocenters. The van der Waals surface area contributed by atoms with Gasteiger partial charge in [-0.1, -0.05) is 77.5 Å². The van der Waals surface area contributed by atoms with E-state index in [2.05, 4.69) is 21.2 Å². The van der Waals surface area contributed by atoms with Gasteiger partial charge in [-0.05, 0) is 48.7 Å². The normalized spacial score (nSPS) is 12.8. The highest BCUT2D eigenvalue weighted by molar-refractivity contribution is 9.10. The van der Waals surface area contributed by atoms with Gasteiger partial charge in [0.15, 0.2) is 0 Å². The van der Waals surface area contributed by atoms with Crippen LogP contribution in [0.3, 0.4) is 0 Å². The summed E-state index contributed by atoms with van der Waals surface area (Å²) >= 11 is 3.44. The minimum Gasteiger partial charge on any atom is -0.352 e. The second kappa shape index (κ2) is 13.7. The third-order valence-electron chi connectivity index (χ3n) is 6.31. The molecule has 0 bridgehead atoms. The minimum absolute atomic E-state index is 0.0403. The van der Waals surface area contributed by atoms with E-state index in [1.54, 1.807) is 0 Å². The predicted octanol–water partition coefficient (Wildman–Crippen LogP) is 4.91. The summed E-state index contributed by atoms with van der Waals surface area (Å²) in [4.78, 5) is 29.0. The first kappa shape index (κ1) is 30.3. The molecule has 1 N–H and O–H groups in total. The smallest absolute Gasteiger partial charge is 0.244 e. The molecule has 0 fully saturated rings. The Morgan fingerprint density at radius 1 is 0.974 bits per heavy atom. The summed E-state index contributed by atoms with van der Waals surface area (Å²) in [5.41, 5.74) is 1.34. The summed E-state index contributed by atoms with van der Waals surface area (Å²) in [6.07, 6.45) is 1.82. The van der Waals surface area contributed by atoms with E-state index >= 15 is 0 Å². The molecule has 10 heteroatoms. The number of carbonyl (C=O) groups excluding carboxylic acids is 2. The van der Waals surface area contributed by atoms with E-state index in [4.69, 9.17) is 0 Å². The summed E-state index contributed by atoms with van der Waals surface area (Å²) in [5.74, 6) is -1.76. The maximum atomic E-state index is 14.7. The van der Waals surface area contributed by atoms with E-state index in [1.807, 2.05) is 68.4 Å². The number of hydrogen-bond donors (Lipinski definition) is 1. The molecule has 0 aromatic heterocycles. The number of amides is 2. The van der Waals surface area contributed by atoms with Crippen molar-refractivity contribution < 1.29 is 22.4 Å². The van der Waals surface area contributed by atoms with Crippen molar-refractivity contribution in [3.8, 4) is 0 Å². The van der Waals surface area contributed by atoms with Crippen LogP contribution in [-0.4, -0.2) is 50.0 Å². The minimum atomic E-state index is -4.04. The van der Waals surface area contributed by atoms with Gasteiger partial charge in [0.2, 0.25) is 21.8 Å². The number of hydrogen-bond acceptors (Lipinski definition) is 4. The highest BCUT2D eigenvalue weighted by Gasteiger charge is 2.34. The van der Waals surface area contributed by atoms with Gasteiger partial charge >= 0.3 is 0 Å². The molecule has 0 aliphatic carbocycles. The summed E-state index contributed by atoms with van der Waals surface area (Å²) < 4.78 is 41.7. The zero-order valence-electron chi connectivity index (χ0n) is 22.2. The van der Waals surface area contributed by atoms with Crippen LogP contribution in [0.25, 0.3) is 0 Å². The second-order valence-corrected chi connectivity index (χ2v) is 12.2. The van der Waals surface area contributed by atoms with Crippen LogP contribution < -0.4 is 9.62 Å². The summed E-state index contributed by atoms with van der Waals surface area (Å²) in [6.45, 7) is 3.19. The van der Waals surface area contributed by atoms with Crippen molar-refractivity contribution in [2.45, 2.75) is 45.3 Å². The van der Waals surface area contributed by atoms with Gasteiger partial charge in [0.25, 0.3) is 0 Å². The van der Waals surface area contributed by atoms with Crippen molar-refractivity contribution in [3.63, 3.8) is 0 Å². The topological polar surface area (TPSA) is 86.8 Å². The van der Waals surface area contributed by atoms with Gasteiger partial charge in [-0.3, -0.25) is 13.9 Å². The van der Waals surface area contributed by atoms with E-state index in [0.29, 0.717) is 6.42 Å². The fourth-order valence-electron chi connectivity index (χ4n) is 4.08. The fourth-order valence-corrected chi connectivity index (χ4v) is 5.37. The molecule has 0 saturated heterocycles. The third-order valence-corrected chi connectivity index (χ3v) is 7.93.